The lowest BCUT2D eigenvalue weighted by atomic mass is 9.77. The van der Waals surface area contributed by atoms with Crippen LogP contribution in [-0.2, 0) is 10.2 Å². The van der Waals surface area contributed by atoms with E-state index in [1.165, 1.54) is 24.8 Å². The van der Waals surface area contributed by atoms with Gasteiger partial charge in [0.05, 0.1) is 18.6 Å². The normalized spacial score (nSPS) is 26.0. The summed E-state index contributed by atoms with van der Waals surface area (Å²) in [6.07, 6.45) is 3.74. The number of ether oxygens (including phenoxy) is 3. The number of methoxy groups -OCH3 is 1. The van der Waals surface area contributed by atoms with Crippen molar-refractivity contribution >= 4 is 5.69 Å². The van der Waals surface area contributed by atoms with E-state index >= 15 is 0 Å². The van der Waals surface area contributed by atoms with Crippen molar-refractivity contribution in [1.29, 1.82) is 0 Å². The van der Waals surface area contributed by atoms with Gasteiger partial charge in [-0.15, -0.1) is 0 Å². The van der Waals surface area contributed by atoms with Crippen molar-refractivity contribution in [1.82, 2.24) is 0 Å². The first-order chi connectivity index (χ1) is 13.2. The number of benzene rings is 2. The topological polar surface area (TPSA) is 30.9 Å². The lowest BCUT2D eigenvalue weighted by Crippen LogP contribution is -2.40. The van der Waals surface area contributed by atoms with E-state index in [9.17, 15) is 4.39 Å². The van der Waals surface area contributed by atoms with Crippen molar-refractivity contribution in [2.24, 2.45) is 0 Å². The smallest absolute Gasteiger partial charge is 0.165 e. The molecule has 1 saturated heterocycles. The molecule has 3 heterocycles. The second kappa shape index (κ2) is 6.41. The van der Waals surface area contributed by atoms with E-state index in [0.717, 1.165) is 43.9 Å². The Hall–Kier alpha value is -2.27. The Balaban J connectivity index is 1.54. The van der Waals surface area contributed by atoms with Crippen LogP contribution in [0.1, 0.15) is 30.4 Å². The molecule has 0 bridgehead atoms. The highest BCUT2D eigenvalue weighted by Gasteiger charge is 2.50. The van der Waals surface area contributed by atoms with Gasteiger partial charge < -0.3 is 19.1 Å². The molecule has 2 atom stereocenters. The van der Waals surface area contributed by atoms with Crippen LogP contribution in [0.3, 0.4) is 0 Å². The molecule has 4 nitrogen and oxygen atoms in total. The number of anilines is 1. The Morgan fingerprint density at radius 2 is 2.11 bits per heavy atom. The molecule has 0 amide bonds. The molecule has 27 heavy (non-hydrogen) atoms. The molecule has 0 aliphatic carbocycles. The second-order valence-corrected chi connectivity index (χ2v) is 7.74. The van der Waals surface area contributed by atoms with E-state index in [2.05, 4.69) is 29.2 Å². The first-order valence-corrected chi connectivity index (χ1v) is 9.68. The van der Waals surface area contributed by atoms with Crippen LogP contribution in [0.25, 0.3) is 0 Å². The lowest BCUT2D eigenvalue weighted by Gasteiger charge is -2.30. The Morgan fingerprint density at radius 3 is 2.93 bits per heavy atom. The zero-order valence-electron chi connectivity index (χ0n) is 15.5. The van der Waals surface area contributed by atoms with Gasteiger partial charge in [-0.2, -0.15) is 0 Å². The molecule has 5 rings (SSSR count). The predicted molar refractivity (Wildman–Crippen MR) is 101 cm³/mol. The predicted octanol–water partition coefficient (Wildman–Crippen LogP) is 3.90. The van der Waals surface area contributed by atoms with Crippen LogP contribution in [0.15, 0.2) is 36.4 Å². The van der Waals surface area contributed by atoms with Gasteiger partial charge in [0.2, 0.25) is 0 Å². The van der Waals surface area contributed by atoms with Crippen molar-refractivity contribution in [3.63, 3.8) is 0 Å². The average molecular weight is 369 g/mol. The summed E-state index contributed by atoms with van der Waals surface area (Å²) in [7, 11) is 1.48. The standard InChI is InChI=1S/C22H24FNO3/c1-25-21-11-20-17(10-18(21)23)22(14-27-20)13-24(12-15-6-4-5-9-26-15)19-8-3-2-7-16(19)22/h2-3,7-8,10-11,15H,4-6,9,12-14H2,1H3. The van der Waals surface area contributed by atoms with Crippen molar-refractivity contribution < 1.29 is 18.6 Å². The van der Waals surface area contributed by atoms with Crippen LogP contribution < -0.4 is 14.4 Å². The summed E-state index contributed by atoms with van der Waals surface area (Å²) in [6, 6.07) is 11.7. The molecule has 5 heteroatoms. The van der Waals surface area contributed by atoms with Crippen LogP contribution >= 0.6 is 0 Å². The van der Waals surface area contributed by atoms with E-state index < -0.39 is 0 Å². The third kappa shape index (κ3) is 2.59. The molecule has 3 aliphatic heterocycles. The molecule has 2 aromatic carbocycles. The van der Waals surface area contributed by atoms with Gasteiger partial charge in [0.25, 0.3) is 0 Å². The molecule has 2 aromatic rings. The number of nitrogens with zero attached hydrogens (tertiary/aromatic N) is 1. The molecule has 0 aromatic heterocycles. The van der Waals surface area contributed by atoms with Crippen molar-refractivity contribution in [3.8, 4) is 11.5 Å². The van der Waals surface area contributed by atoms with Gasteiger partial charge in [-0.3, -0.25) is 0 Å². The molecular weight excluding hydrogens is 345 g/mol. The molecule has 3 aliphatic rings. The highest BCUT2D eigenvalue weighted by molar-refractivity contribution is 5.69. The van der Waals surface area contributed by atoms with Gasteiger partial charge >= 0.3 is 0 Å². The first-order valence-electron chi connectivity index (χ1n) is 9.68. The van der Waals surface area contributed by atoms with Crippen LogP contribution in [0.2, 0.25) is 0 Å². The SMILES string of the molecule is COc1cc2c(cc1F)C1(CO2)CN(CC2CCCCO2)c2ccccc21. The summed E-state index contributed by atoms with van der Waals surface area (Å²) in [4.78, 5) is 2.39. The maximum atomic E-state index is 14.5. The summed E-state index contributed by atoms with van der Waals surface area (Å²) in [5, 5.41) is 0. The molecule has 0 radical (unpaired) electrons. The largest absolute Gasteiger partial charge is 0.494 e. The third-order valence-corrected chi connectivity index (χ3v) is 6.16. The molecule has 142 valence electrons. The van der Waals surface area contributed by atoms with Gasteiger partial charge in [0.1, 0.15) is 12.4 Å². The van der Waals surface area contributed by atoms with Crippen molar-refractivity contribution in [3.05, 3.63) is 53.3 Å². The average Bonchev–Trinajstić information content (AvgIpc) is 3.21. The highest BCUT2D eigenvalue weighted by Crippen LogP contribution is 2.52. The van der Waals surface area contributed by atoms with Crippen LogP contribution in [-0.4, -0.2) is 39.5 Å². The number of halogens is 1. The van der Waals surface area contributed by atoms with Crippen LogP contribution in [0, 0.1) is 5.82 Å². The van der Waals surface area contributed by atoms with Gasteiger partial charge in [0.15, 0.2) is 11.6 Å². The first kappa shape index (κ1) is 16.9. The fraction of sp³-hybridized carbons (Fsp3) is 0.455. The Bertz CT molecular complexity index is 865. The van der Waals surface area contributed by atoms with Gasteiger partial charge in [-0.25, -0.2) is 4.39 Å². The number of fused-ring (bicyclic) bond motifs is 4. The number of hydrogen-bond acceptors (Lipinski definition) is 4. The molecule has 0 N–H and O–H groups in total. The quantitative estimate of drug-likeness (QED) is 0.821. The Labute approximate surface area is 158 Å². The fourth-order valence-electron chi connectivity index (χ4n) is 4.83. The summed E-state index contributed by atoms with van der Waals surface area (Å²) < 4.78 is 31.6. The van der Waals surface area contributed by atoms with E-state index in [1.54, 1.807) is 12.1 Å². The highest BCUT2D eigenvalue weighted by atomic mass is 19.1. The van der Waals surface area contributed by atoms with Crippen LogP contribution in [0.4, 0.5) is 10.1 Å². The minimum atomic E-state index is -0.340. The van der Waals surface area contributed by atoms with E-state index in [-0.39, 0.29) is 23.1 Å². The zero-order chi connectivity index (χ0) is 18.4. The molecule has 0 saturated carbocycles. The van der Waals surface area contributed by atoms with Gasteiger partial charge in [-0.05, 0) is 37.0 Å². The zero-order valence-corrected chi connectivity index (χ0v) is 15.5. The Morgan fingerprint density at radius 1 is 1.22 bits per heavy atom. The monoisotopic (exact) mass is 369 g/mol. The minimum absolute atomic E-state index is 0.226. The molecule has 2 unspecified atom stereocenters. The van der Waals surface area contributed by atoms with Gasteiger partial charge in [0, 0.05) is 37.0 Å². The minimum Gasteiger partial charge on any atom is -0.494 e. The maximum Gasteiger partial charge on any atom is 0.165 e. The molecule has 1 fully saturated rings. The maximum absolute atomic E-state index is 14.5. The lowest BCUT2D eigenvalue weighted by molar-refractivity contribution is 0.0209. The summed E-state index contributed by atoms with van der Waals surface area (Å²) in [5.41, 5.74) is 3.00. The number of rotatable bonds is 3. The van der Waals surface area contributed by atoms with Crippen molar-refractivity contribution in [2.75, 3.05) is 38.3 Å². The summed E-state index contributed by atoms with van der Waals surface area (Å²) in [5.74, 6) is 0.607. The Kier molecular flexibility index (Phi) is 4.01. The number of para-hydroxylation sites is 1. The molecule has 1 spiro atoms. The second-order valence-electron chi connectivity index (χ2n) is 7.74. The van der Waals surface area contributed by atoms with E-state index in [4.69, 9.17) is 14.2 Å². The summed E-state index contributed by atoms with van der Waals surface area (Å²) >= 11 is 0. The van der Waals surface area contributed by atoms with E-state index in [1.807, 2.05) is 0 Å². The fourth-order valence-corrected chi connectivity index (χ4v) is 4.83. The van der Waals surface area contributed by atoms with Gasteiger partial charge in [-0.1, -0.05) is 18.2 Å². The van der Waals surface area contributed by atoms with Crippen molar-refractivity contribution in [2.45, 2.75) is 30.8 Å². The molecular formula is C22H24FNO3. The third-order valence-electron chi connectivity index (χ3n) is 6.16. The van der Waals surface area contributed by atoms with Crippen LogP contribution in [0.5, 0.6) is 11.5 Å². The number of hydrogen-bond donors (Lipinski definition) is 0. The summed E-state index contributed by atoms with van der Waals surface area (Å²) in [6.45, 7) is 3.02. The van der Waals surface area contributed by atoms with E-state index in [0.29, 0.717) is 6.61 Å².